The lowest BCUT2D eigenvalue weighted by molar-refractivity contribution is -0.159. The Morgan fingerprint density at radius 3 is 2.49 bits per heavy atom. The molecule has 4 N–H and O–H groups in total. The van der Waals surface area contributed by atoms with Crippen molar-refractivity contribution in [1.29, 1.82) is 0 Å². The molecule has 1 fully saturated rings. The monoisotopic (exact) mass is 487 g/mol. The molecule has 184 valence electrons. The van der Waals surface area contributed by atoms with E-state index in [0.29, 0.717) is 17.7 Å². The lowest BCUT2D eigenvalue weighted by atomic mass is 9.68. The summed E-state index contributed by atoms with van der Waals surface area (Å²) < 4.78 is 42.8. The summed E-state index contributed by atoms with van der Waals surface area (Å²) in [5.41, 5.74) is -2.26. The molecule has 0 unspecified atom stereocenters. The van der Waals surface area contributed by atoms with Crippen LogP contribution in [0, 0.1) is 23.4 Å². The molecule has 1 saturated carbocycles. The molecule has 7 nitrogen and oxygen atoms in total. The van der Waals surface area contributed by atoms with E-state index in [1.54, 1.807) is 13.0 Å². The van der Waals surface area contributed by atoms with Gasteiger partial charge in [0.2, 0.25) is 0 Å². The third-order valence-corrected chi connectivity index (χ3v) is 6.65. The zero-order chi connectivity index (χ0) is 25.3. The molecule has 0 aliphatic heterocycles. The minimum absolute atomic E-state index is 0.139. The number of hydrogen-bond acceptors (Lipinski definition) is 6. The second kappa shape index (κ2) is 9.73. The van der Waals surface area contributed by atoms with Gasteiger partial charge in [0.1, 0.15) is 34.4 Å². The topological polar surface area (TPSA) is 116 Å². The van der Waals surface area contributed by atoms with E-state index < -0.39 is 58.8 Å². The first-order chi connectivity index (χ1) is 16.7. The van der Waals surface area contributed by atoms with Crippen molar-refractivity contribution >= 4 is 11.6 Å². The van der Waals surface area contributed by atoms with Crippen molar-refractivity contribution in [2.75, 3.05) is 11.9 Å². The summed E-state index contributed by atoms with van der Waals surface area (Å²) in [5, 5.41) is 33.2. The Bertz CT molecular complexity index is 1220. The number of rotatable bonds is 5. The van der Waals surface area contributed by atoms with Gasteiger partial charge < -0.3 is 20.6 Å². The molecule has 0 spiro atoms. The van der Waals surface area contributed by atoms with Crippen LogP contribution in [-0.2, 0) is 0 Å². The molecule has 4 rings (SSSR count). The second-order valence-electron chi connectivity index (χ2n) is 8.78. The number of nitrogens with zero attached hydrogens (tertiary/aromatic N) is 2. The lowest BCUT2D eigenvalue weighted by Crippen LogP contribution is -2.54. The fourth-order valence-corrected chi connectivity index (χ4v) is 4.56. The highest BCUT2D eigenvalue weighted by molar-refractivity contribution is 6.03. The maximum atomic E-state index is 14.4. The van der Waals surface area contributed by atoms with Crippen LogP contribution in [0.2, 0.25) is 0 Å². The predicted molar refractivity (Wildman–Crippen MR) is 121 cm³/mol. The molecule has 1 aromatic carbocycles. The minimum atomic E-state index is -1.62. The highest BCUT2D eigenvalue weighted by atomic mass is 19.1. The number of aromatic nitrogens is 2. The largest absolute Gasteiger partial charge is 0.393 e. The Balaban J connectivity index is 1.62. The Hall–Kier alpha value is -3.34. The van der Waals surface area contributed by atoms with Crippen LogP contribution in [0.1, 0.15) is 41.7 Å². The zero-order valence-corrected chi connectivity index (χ0v) is 18.8. The molecule has 1 aliphatic carbocycles. The minimum Gasteiger partial charge on any atom is -0.393 e. The number of anilines is 1. The van der Waals surface area contributed by atoms with Gasteiger partial charge in [0, 0.05) is 6.20 Å². The number of nitrogens with one attached hydrogen (secondary N) is 1. The Morgan fingerprint density at radius 2 is 1.83 bits per heavy atom. The van der Waals surface area contributed by atoms with Gasteiger partial charge in [-0.25, -0.2) is 18.2 Å². The molecule has 35 heavy (non-hydrogen) atoms. The average Bonchev–Trinajstić information content (AvgIpc) is 2.83. The number of carbonyl (C=O) groups is 1. The van der Waals surface area contributed by atoms with E-state index in [-0.39, 0.29) is 18.0 Å². The van der Waals surface area contributed by atoms with Crippen LogP contribution in [0.4, 0.5) is 18.9 Å². The van der Waals surface area contributed by atoms with Crippen molar-refractivity contribution in [3.63, 3.8) is 0 Å². The van der Waals surface area contributed by atoms with Gasteiger partial charge in [-0.15, -0.1) is 0 Å². The van der Waals surface area contributed by atoms with E-state index in [2.05, 4.69) is 15.3 Å². The van der Waals surface area contributed by atoms with Gasteiger partial charge in [0.25, 0.3) is 5.91 Å². The SMILES string of the molecule is C[C@H]1C[C@@H](c2ccncc2NC(=O)c2ccc(F)c(-c3c(F)cccc3F)n2)C[C@@H](O)[C@@]1(O)CO. The summed E-state index contributed by atoms with van der Waals surface area (Å²) in [5.74, 6) is -4.49. The van der Waals surface area contributed by atoms with Crippen molar-refractivity contribution in [3.05, 3.63) is 77.5 Å². The highest BCUT2D eigenvalue weighted by Crippen LogP contribution is 2.43. The predicted octanol–water partition coefficient (Wildman–Crippen LogP) is 3.41. The van der Waals surface area contributed by atoms with Gasteiger partial charge in [0.05, 0.1) is 30.2 Å². The molecule has 2 heterocycles. The first-order valence-corrected chi connectivity index (χ1v) is 11.0. The van der Waals surface area contributed by atoms with Crippen LogP contribution in [0.15, 0.2) is 48.8 Å². The molecule has 0 saturated heterocycles. The van der Waals surface area contributed by atoms with E-state index >= 15 is 0 Å². The van der Waals surface area contributed by atoms with Gasteiger partial charge in [-0.3, -0.25) is 9.78 Å². The van der Waals surface area contributed by atoms with E-state index in [4.69, 9.17) is 0 Å². The molecule has 10 heteroatoms. The fourth-order valence-electron chi connectivity index (χ4n) is 4.56. The van der Waals surface area contributed by atoms with Crippen molar-refractivity contribution < 1.29 is 33.3 Å². The summed E-state index contributed by atoms with van der Waals surface area (Å²) in [7, 11) is 0. The van der Waals surface area contributed by atoms with E-state index in [0.717, 1.165) is 30.3 Å². The maximum absolute atomic E-state index is 14.4. The third kappa shape index (κ3) is 4.64. The smallest absolute Gasteiger partial charge is 0.274 e. The Kier molecular flexibility index (Phi) is 6.88. The molecule has 0 bridgehead atoms. The number of carbonyl (C=O) groups excluding carboxylic acids is 1. The first-order valence-electron chi connectivity index (χ1n) is 11.0. The summed E-state index contributed by atoms with van der Waals surface area (Å²) in [4.78, 5) is 20.9. The first kappa shape index (κ1) is 24.8. The normalized spacial score (nSPS) is 24.3. The molecule has 4 atom stereocenters. The summed E-state index contributed by atoms with van der Waals surface area (Å²) in [6, 6.07) is 6.73. The number of halogens is 3. The standard InChI is InChI=1S/C25H24F3N3O4/c1-13-9-14(10-21(33)25(13,35)12-32)15-7-8-29-11-20(15)31-24(34)19-6-5-18(28)23(30-19)22-16(26)3-2-4-17(22)27/h2-8,11,13-14,21,32-33,35H,9-10,12H2,1H3,(H,31,34)/t13-,14+,21+,25+/m0/s1. The highest BCUT2D eigenvalue weighted by Gasteiger charge is 2.46. The molecular formula is C25H24F3N3O4. The molecule has 2 aromatic heterocycles. The van der Waals surface area contributed by atoms with Crippen molar-refractivity contribution in [1.82, 2.24) is 9.97 Å². The quantitative estimate of drug-likeness (QED) is 0.439. The maximum Gasteiger partial charge on any atom is 0.274 e. The van der Waals surface area contributed by atoms with Gasteiger partial charge in [0.15, 0.2) is 0 Å². The number of hydrogen-bond donors (Lipinski definition) is 4. The van der Waals surface area contributed by atoms with Crippen LogP contribution >= 0.6 is 0 Å². The number of amides is 1. The van der Waals surface area contributed by atoms with Crippen LogP contribution < -0.4 is 5.32 Å². The van der Waals surface area contributed by atoms with Gasteiger partial charge in [-0.2, -0.15) is 0 Å². The Labute approximate surface area is 199 Å². The van der Waals surface area contributed by atoms with E-state index in [1.165, 1.54) is 12.4 Å². The van der Waals surface area contributed by atoms with Gasteiger partial charge in [-0.05, 0) is 60.6 Å². The van der Waals surface area contributed by atoms with Crippen LogP contribution in [-0.4, -0.2) is 49.5 Å². The molecule has 1 aliphatic rings. The summed E-state index contributed by atoms with van der Waals surface area (Å²) in [6.45, 7) is 1.14. The van der Waals surface area contributed by atoms with Crippen molar-refractivity contribution in [2.24, 2.45) is 5.92 Å². The van der Waals surface area contributed by atoms with Crippen LogP contribution in [0.3, 0.4) is 0 Å². The number of benzene rings is 1. The van der Waals surface area contributed by atoms with Gasteiger partial charge in [-0.1, -0.05) is 13.0 Å². The number of aliphatic hydroxyl groups is 3. The summed E-state index contributed by atoms with van der Waals surface area (Å²) >= 11 is 0. The lowest BCUT2D eigenvalue weighted by Gasteiger charge is -2.44. The number of pyridine rings is 2. The van der Waals surface area contributed by atoms with Crippen molar-refractivity contribution in [2.45, 2.75) is 37.4 Å². The van der Waals surface area contributed by atoms with E-state index in [9.17, 15) is 33.3 Å². The third-order valence-electron chi connectivity index (χ3n) is 6.65. The molecular weight excluding hydrogens is 463 g/mol. The fraction of sp³-hybridized carbons (Fsp3) is 0.320. The molecule has 3 aromatic rings. The number of aliphatic hydroxyl groups excluding tert-OH is 2. The van der Waals surface area contributed by atoms with Crippen LogP contribution in [0.25, 0.3) is 11.3 Å². The summed E-state index contributed by atoms with van der Waals surface area (Å²) in [6.07, 6.45) is 2.30. The second-order valence-corrected chi connectivity index (χ2v) is 8.78. The molecule has 0 radical (unpaired) electrons. The van der Waals surface area contributed by atoms with Gasteiger partial charge >= 0.3 is 0 Å². The average molecular weight is 487 g/mol. The van der Waals surface area contributed by atoms with Crippen LogP contribution in [0.5, 0.6) is 0 Å². The zero-order valence-electron chi connectivity index (χ0n) is 18.8. The Morgan fingerprint density at radius 1 is 1.11 bits per heavy atom. The van der Waals surface area contributed by atoms with E-state index in [1.807, 2.05) is 0 Å². The molecule has 1 amide bonds. The van der Waals surface area contributed by atoms with Crippen molar-refractivity contribution in [3.8, 4) is 11.3 Å².